The Morgan fingerprint density at radius 1 is 0.923 bits per heavy atom. The number of nitrogens with zero attached hydrogens (tertiary/aromatic N) is 2. The van der Waals surface area contributed by atoms with Crippen molar-refractivity contribution in [2.75, 3.05) is 39.3 Å². The molecule has 5 nitrogen and oxygen atoms in total. The van der Waals surface area contributed by atoms with Gasteiger partial charge in [-0.1, -0.05) is 47.5 Å². The lowest BCUT2D eigenvalue weighted by Gasteiger charge is -2.34. The van der Waals surface area contributed by atoms with E-state index in [0.29, 0.717) is 32.8 Å². The van der Waals surface area contributed by atoms with Gasteiger partial charge in [0.15, 0.2) is 0 Å². The topological polar surface area (TPSA) is 49.9 Å². The number of hydrogen-bond acceptors (Lipinski definition) is 4. The Labute approximate surface area is 164 Å². The molecule has 0 unspecified atom stereocenters. The molecule has 2 aromatic rings. The number of piperazine rings is 1. The molecular weight excluding hydrogens is 395 g/mol. The Morgan fingerprint density at radius 2 is 1.62 bits per heavy atom. The summed E-state index contributed by atoms with van der Waals surface area (Å²) in [6.45, 7) is 3.44. The van der Waals surface area contributed by atoms with E-state index in [2.05, 4.69) is 4.90 Å². The lowest BCUT2D eigenvalue weighted by atomic mass is 10.3. The molecule has 0 N–H and O–H groups in total. The summed E-state index contributed by atoms with van der Waals surface area (Å²) < 4.78 is 32.8. The van der Waals surface area contributed by atoms with Crippen molar-refractivity contribution in [3.05, 3.63) is 58.6 Å². The van der Waals surface area contributed by atoms with Gasteiger partial charge in [-0.2, -0.15) is 4.31 Å². The molecule has 3 rings (SSSR count). The van der Waals surface area contributed by atoms with Crippen molar-refractivity contribution in [3.8, 4) is 5.75 Å². The van der Waals surface area contributed by atoms with Crippen molar-refractivity contribution in [1.29, 1.82) is 0 Å². The van der Waals surface area contributed by atoms with Gasteiger partial charge in [0.05, 0.1) is 10.0 Å². The first-order valence-corrected chi connectivity index (χ1v) is 10.5. The van der Waals surface area contributed by atoms with E-state index in [1.54, 1.807) is 12.1 Å². The number of rotatable bonds is 6. The summed E-state index contributed by atoms with van der Waals surface area (Å²) >= 11 is 12.0. The zero-order valence-electron chi connectivity index (χ0n) is 14.1. The molecule has 1 fully saturated rings. The normalized spacial score (nSPS) is 16.5. The number of sulfonamides is 1. The van der Waals surface area contributed by atoms with Gasteiger partial charge >= 0.3 is 0 Å². The molecule has 2 aromatic carbocycles. The SMILES string of the molecule is O=S(=O)(c1cccc(Cl)c1Cl)N1CCN(CCOc2ccccc2)CC1. The first-order valence-electron chi connectivity index (χ1n) is 8.33. The Bertz CT molecular complexity index is 839. The molecule has 0 bridgehead atoms. The Hall–Kier alpha value is -1.31. The third-order valence-electron chi connectivity index (χ3n) is 4.28. The number of hydrogen-bond donors (Lipinski definition) is 0. The number of para-hydroxylation sites is 1. The van der Waals surface area contributed by atoms with E-state index in [9.17, 15) is 8.42 Å². The first kappa shape index (κ1) is 19.5. The highest BCUT2D eigenvalue weighted by molar-refractivity contribution is 7.89. The lowest BCUT2D eigenvalue weighted by molar-refractivity contribution is 0.159. The fourth-order valence-corrected chi connectivity index (χ4v) is 4.98. The van der Waals surface area contributed by atoms with Crippen LogP contribution in [0.1, 0.15) is 0 Å². The second-order valence-corrected chi connectivity index (χ2v) is 8.65. The summed E-state index contributed by atoms with van der Waals surface area (Å²) in [6, 6.07) is 14.3. The van der Waals surface area contributed by atoms with E-state index in [1.807, 2.05) is 30.3 Å². The van der Waals surface area contributed by atoms with Crippen LogP contribution in [0.2, 0.25) is 10.0 Å². The van der Waals surface area contributed by atoms with Crippen molar-refractivity contribution < 1.29 is 13.2 Å². The van der Waals surface area contributed by atoms with Gasteiger partial charge in [0.25, 0.3) is 0 Å². The predicted octanol–water partition coefficient (Wildman–Crippen LogP) is 3.38. The second kappa shape index (κ2) is 8.59. The standard InChI is InChI=1S/C18H20Cl2N2O3S/c19-16-7-4-8-17(18(16)20)26(23,24)22-11-9-21(10-12-22)13-14-25-15-5-2-1-3-6-15/h1-8H,9-14H2. The predicted molar refractivity (Wildman–Crippen MR) is 104 cm³/mol. The fourth-order valence-electron chi connectivity index (χ4n) is 2.83. The van der Waals surface area contributed by atoms with Crippen LogP contribution in [0.4, 0.5) is 0 Å². The van der Waals surface area contributed by atoms with Gasteiger partial charge in [-0.3, -0.25) is 4.90 Å². The zero-order chi connectivity index (χ0) is 18.6. The molecule has 1 saturated heterocycles. The van der Waals surface area contributed by atoms with E-state index in [-0.39, 0.29) is 14.9 Å². The van der Waals surface area contributed by atoms with Gasteiger partial charge in [-0.25, -0.2) is 8.42 Å². The summed E-state index contributed by atoms with van der Waals surface area (Å²) in [7, 11) is -3.64. The van der Waals surface area contributed by atoms with Crippen LogP contribution < -0.4 is 4.74 Å². The Balaban J connectivity index is 1.54. The fraction of sp³-hybridized carbons (Fsp3) is 0.333. The first-order chi connectivity index (χ1) is 12.5. The lowest BCUT2D eigenvalue weighted by Crippen LogP contribution is -2.49. The largest absolute Gasteiger partial charge is 0.492 e. The molecule has 26 heavy (non-hydrogen) atoms. The number of ether oxygens (including phenoxy) is 1. The molecule has 0 atom stereocenters. The monoisotopic (exact) mass is 414 g/mol. The Kier molecular flexibility index (Phi) is 6.42. The second-order valence-electron chi connectivity index (χ2n) is 5.96. The van der Waals surface area contributed by atoms with Crippen LogP contribution in [-0.2, 0) is 10.0 Å². The Morgan fingerprint density at radius 3 is 2.31 bits per heavy atom. The minimum absolute atomic E-state index is 0.0625. The van der Waals surface area contributed by atoms with Gasteiger partial charge in [-0.05, 0) is 24.3 Å². The highest BCUT2D eigenvalue weighted by atomic mass is 35.5. The minimum atomic E-state index is -3.64. The molecule has 0 radical (unpaired) electrons. The third-order valence-corrected chi connectivity index (χ3v) is 7.16. The molecule has 1 aliphatic heterocycles. The van der Waals surface area contributed by atoms with E-state index in [4.69, 9.17) is 27.9 Å². The molecule has 0 aromatic heterocycles. The molecular formula is C18H20Cl2N2O3S. The average molecular weight is 415 g/mol. The van der Waals surface area contributed by atoms with Gasteiger partial charge in [0.2, 0.25) is 10.0 Å². The van der Waals surface area contributed by atoms with Gasteiger partial charge < -0.3 is 4.74 Å². The van der Waals surface area contributed by atoms with Crippen LogP contribution in [0.15, 0.2) is 53.4 Å². The van der Waals surface area contributed by atoms with Gasteiger partial charge in [0.1, 0.15) is 17.3 Å². The minimum Gasteiger partial charge on any atom is -0.492 e. The molecule has 1 heterocycles. The summed E-state index contributed by atoms with van der Waals surface area (Å²) in [6.07, 6.45) is 0. The maximum atomic E-state index is 12.8. The van der Waals surface area contributed by atoms with E-state index in [1.165, 1.54) is 10.4 Å². The molecule has 0 aliphatic carbocycles. The highest BCUT2D eigenvalue weighted by Gasteiger charge is 2.30. The quantitative estimate of drug-likeness (QED) is 0.726. The maximum Gasteiger partial charge on any atom is 0.244 e. The van der Waals surface area contributed by atoms with Gasteiger partial charge in [0, 0.05) is 32.7 Å². The smallest absolute Gasteiger partial charge is 0.244 e. The molecule has 0 spiro atoms. The maximum absolute atomic E-state index is 12.8. The molecule has 0 saturated carbocycles. The zero-order valence-corrected chi connectivity index (χ0v) is 16.5. The summed E-state index contributed by atoms with van der Waals surface area (Å²) in [5.74, 6) is 0.837. The molecule has 0 amide bonds. The van der Waals surface area contributed by atoms with Crippen LogP contribution in [0.25, 0.3) is 0 Å². The van der Waals surface area contributed by atoms with Crippen molar-refractivity contribution in [3.63, 3.8) is 0 Å². The van der Waals surface area contributed by atoms with E-state index in [0.717, 1.165) is 12.3 Å². The van der Waals surface area contributed by atoms with Crippen molar-refractivity contribution in [1.82, 2.24) is 9.21 Å². The van der Waals surface area contributed by atoms with Crippen molar-refractivity contribution in [2.24, 2.45) is 0 Å². The summed E-state index contributed by atoms with van der Waals surface area (Å²) in [5, 5.41) is 0.317. The van der Waals surface area contributed by atoms with Gasteiger partial charge in [-0.15, -0.1) is 0 Å². The molecule has 1 aliphatic rings. The van der Waals surface area contributed by atoms with Crippen LogP contribution in [-0.4, -0.2) is 57.0 Å². The van der Waals surface area contributed by atoms with Crippen molar-refractivity contribution >= 4 is 33.2 Å². The van der Waals surface area contributed by atoms with E-state index < -0.39 is 10.0 Å². The van der Waals surface area contributed by atoms with E-state index >= 15 is 0 Å². The summed E-state index contributed by atoms with van der Waals surface area (Å²) in [4.78, 5) is 2.25. The van der Waals surface area contributed by atoms with Crippen LogP contribution >= 0.6 is 23.2 Å². The van der Waals surface area contributed by atoms with Crippen LogP contribution in [0, 0.1) is 0 Å². The molecule has 8 heteroatoms. The molecule has 140 valence electrons. The number of benzene rings is 2. The van der Waals surface area contributed by atoms with Crippen LogP contribution in [0.3, 0.4) is 0 Å². The van der Waals surface area contributed by atoms with Crippen molar-refractivity contribution in [2.45, 2.75) is 4.90 Å². The highest BCUT2D eigenvalue weighted by Crippen LogP contribution is 2.31. The third kappa shape index (κ3) is 4.50. The number of halogens is 2. The average Bonchev–Trinajstić information content (AvgIpc) is 2.65. The summed E-state index contributed by atoms with van der Waals surface area (Å²) in [5.41, 5.74) is 0. The van der Waals surface area contributed by atoms with Crippen LogP contribution in [0.5, 0.6) is 5.75 Å².